The fourth-order valence-corrected chi connectivity index (χ4v) is 3.52. The molecule has 0 spiro atoms. The number of hydrogen-bond donors (Lipinski definition) is 6. The highest BCUT2D eigenvalue weighted by Crippen LogP contribution is 2.45. The van der Waals surface area contributed by atoms with Crippen LogP contribution in [0.5, 0.6) is 11.5 Å². The first-order valence-electron chi connectivity index (χ1n) is 9.43. The van der Waals surface area contributed by atoms with Crippen molar-refractivity contribution in [2.24, 2.45) is 5.73 Å². The zero-order valence-corrected chi connectivity index (χ0v) is 16.5. The summed E-state index contributed by atoms with van der Waals surface area (Å²) in [5.74, 6) is -1.75. The molecule has 0 unspecified atom stereocenters. The fraction of sp³-hybridized carbons (Fsp3) is 0.0435. The van der Waals surface area contributed by atoms with Crippen LogP contribution >= 0.6 is 0 Å². The van der Waals surface area contributed by atoms with Crippen LogP contribution in [0, 0.1) is 16.7 Å². The maximum atomic E-state index is 11.4. The third kappa shape index (κ3) is 3.57. The number of carboxylic acids is 1. The van der Waals surface area contributed by atoms with Gasteiger partial charge in [0.25, 0.3) is 0 Å². The molecule has 0 aliphatic rings. The molecule has 0 atom stereocenters. The van der Waals surface area contributed by atoms with E-state index in [1.54, 1.807) is 36.4 Å². The number of nitriles is 1. The number of aromatic nitrogens is 2. The molecule has 0 fully saturated rings. The van der Waals surface area contributed by atoms with Crippen molar-refractivity contribution in [3.8, 4) is 40.1 Å². The van der Waals surface area contributed by atoms with E-state index in [-0.39, 0.29) is 34.1 Å². The molecule has 1 aromatic heterocycles. The van der Waals surface area contributed by atoms with E-state index in [9.17, 15) is 25.4 Å². The minimum absolute atomic E-state index is 0.000677. The highest BCUT2D eigenvalue weighted by atomic mass is 16.4. The summed E-state index contributed by atoms with van der Waals surface area (Å²) in [7, 11) is 0. The van der Waals surface area contributed by atoms with Gasteiger partial charge in [-0.3, -0.25) is 10.2 Å². The van der Waals surface area contributed by atoms with E-state index < -0.39 is 18.1 Å². The van der Waals surface area contributed by atoms with Crippen LogP contribution in [0.4, 0.5) is 0 Å². The number of aromatic amines is 1. The van der Waals surface area contributed by atoms with Crippen molar-refractivity contribution in [1.29, 1.82) is 10.7 Å². The number of carbonyl (C=O) groups is 1. The van der Waals surface area contributed by atoms with E-state index in [0.717, 1.165) is 0 Å². The Hall–Kier alpha value is -4.84. The number of benzene rings is 3. The van der Waals surface area contributed by atoms with Gasteiger partial charge in [0, 0.05) is 11.1 Å². The lowest BCUT2D eigenvalue weighted by Crippen LogP contribution is -2.10. The smallest absolute Gasteiger partial charge is 0.307 e. The van der Waals surface area contributed by atoms with Crippen LogP contribution in [-0.4, -0.2) is 37.1 Å². The molecular weight excluding hydrogens is 410 g/mol. The Morgan fingerprint density at radius 2 is 1.94 bits per heavy atom. The molecular formula is C23H17N5O4. The Morgan fingerprint density at radius 1 is 1.16 bits per heavy atom. The number of hydrogen-bond acceptors (Lipinski definition) is 6. The minimum Gasteiger partial charge on any atom is -0.507 e. The summed E-state index contributed by atoms with van der Waals surface area (Å²) in [6.07, 6.45) is -0.487. The van der Waals surface area contributed by atoms with Crippen LogP contribution < -0.4 is 5.73 Å². The Morgan fingerprint density at radius 3 is 2.62 bits per heavy atom. The van der Waals surface area contributed by atoms with Gasteiger partial charge in [0.05, 0.1) is 40.2 Å². The Bertz CT molecular complexity index is 1450. The molecule has 0 radical (unpaired) electrons. The number of phenolic OH excluding ortho intramolecular Hbond substituents is 2. The first kappa shape index (κ1) is 20.4. The molecule has 9 nitrogen and oxygen atoms in total. The van der Waals surface area contributed by atoms with Gasteiger partial charge in [0.1, 0.15) is 23.2 Å². The average Bonchev–Trinajstić information content (AvgIpc) is 3.18. The largest absolute Gasteiger partial charge is 0.507 e. The molecule has 7 N–H and O–H groups in total. The molecule has 1 heterocycles. The van der Waals surface area contributed by atoms with Gasteiger partial charge in [-0.05, 0) is 42.0 Å². The molecule has 0 aliphatic heterocycles. The fourth-order valence-electron chi connectivity index (χ4n) is 3.52. The molecule has 9 heteroatoms. The van der Waals surface area contributed by atoms with Crippen molar-refractivity contribution in [3.05, 3.63) is 65.2 Å². The molecule has 0 amide bonds. The molecule has 0 bridgehead atoms. The Labute approximate surface area is 181 Å². The molecule has 0 saturated heterocycles. The molecule has 3 aromatic carbocycles. The Kier molecular flexibility index (Phi) is 4.96. The molecule has 4 aromatic rings. The zero-order valence-electron chi connectivity index (χ0n) is 16.5. The van der Waals surface area contributed by atoms with Gasteiger partial charge in [-0.15, -0.1) is 0 Å². The van der Waals surface area contributed by atoms with Crippen molar-refractivity contribution in [2.45, 2.75) is 6.42 Å². The number of aromatic hydroxyl groups is 2. The van der Waals surface area contributed by atoms with Crippen LogP contribution in [0.15, 0.2) is 48.5 Å². The van der Waals surface area contributed by atoms with Crippen molar-refractivity contribution in [1.82, 2.24) is 9.97 Å². The Balaban J connectivity index is 1.98. The van der Waals surface area contributed by atoms with Crippen molar-refractivity contribution < 1.29 is 20.1 Å². The van der Waals surface area contributed by atoms with Gasteiger partial charge < -0.3 is 26.0 Å². The summed E-state index contributed by atoms with van der Waals surface area (Å²) in [5.41, 5.74) is 8.06. The summed E-state index contributed by atoms with van der Waals surface area (Å²) >= 11 is 0. The predicted molar refractivity (Wildman–Crippen MR) is 117 cm³/mol. The number of carboxylic acid groups (broad SMARTS) is 1. The van der Waals surface area contributed by atoms with Crippen LogP contribution in [0.25, 0.3) is 33.5 Å². The summed E-state index contributed by atoms with van der Waals surface area (Å²) in [6.45, 7) is 0. The number of amidine groups is 1. The quantitative estimate of drug-likeness (QED) is 0.209. The summed E-state index contributed by atoms with van der Waals surface area (Å²) < 4.78 is 0. The number of nitrogens with two attached hydrogens (primary N) is 1. The number of nitrogen functional groups attached to an aromatic ring is 1. The van der Waals surface area contributed by atoms with E-state index in [1.165, 1.54) is 12.1 Å². The topological polar surface area (TPSA) is 180 Å². The second-order valence-electron chi connectivity index (χ2n) is 7.15. The first-order chi connectivity index (χ1) is 15.3. The SMILES string of the molecule is N#Cc1cccc(-c2c(O)c(CC(=O)O)cc(-c3nc4ccc(C(=N)N)cc4[nH]3)c2O)c1. The van der Waals surface area contributed by atoms with Gasteiger partial charge in [-0.2, -0.15) is 5.26 Å². The number of phenols is 2. The maximum Gasteiger partial charge on any atom is 0.307 e. The lowest BCUT2D eigenvalue weighted by molar-refractivity contribution is -0.136. The number of imidazole rings is 1. The summed E-state index contributed by atoms with van der Waals surface area (Å²) in [6, 6.07) is 14.6. The second kappa shape index (κ2) is 7.77. The van der Waals surface area contributed by atoms with Gasteiger partial charge in [0.15, 0.2) is 0 Å². The number of fused-ring (bicyclic) bond motifs is 1. The predicted octanol–water partition coefficient (Wildman–Crippen LogP) is 3.09. The molecule has 0 saturated carbocycles. The molecule has 158 valence electrons. The van der Waals surface area contributed by atoms with Gasteiger partial charge in [0.2, 0.25) is 0 Å². The van der Waals surface area contributed by atoms with Crippen molar-refractivity contribution in [2.75, 3.05) is 0 Å². The van der Waals surface area contributed by atoms with Crippen LogP contribution in [0.3, 0.4) is 0 Å². The third-order valence-corrected chi connectivity index (χ3v) is 5.02. The van der Waals surface area contributed by atoms with Gasteiger partial charge in [-0.25, -0.2) is 4.98 Å². The molecule has 0 aliphatic carbocycles. The summed E-state index contributed by atoms with van der Waals surface area (Å²) in [5, 5.41) is 47.9. The van der Waals surface area contributed by atoms with Crippen LogP contribution in [0.1, 0.15) is 16.7 Å². The van der Waals surface area contributed by atoms with Crippen molar-refractivity contribution in [3.63, 3.8) is 0 Å². The van der Waals surface area contributed by atoms with Crippen LogP contribution in [0.2, 0.25) is 0 Å². The average molecular weight is 427 g/mol. The number of nitrogens with zero attached hydrogens (tertiary/aromatic N) is 2. The van der Waals surface area contributed by atoms with E-state index >= 15 is 0 Å². The van der Waals surface area contributed by atoms with E-state index in [1.807, 2.05) is 6.07 Å². The number of rotatable bonds is 5. The van der Waals surface area contributed by atoms with Gasteiger partial charge in [-0.1, -0.05) is 12.1 Å². The summed E-state index contributed by atoms with van der Waals surface area (Å²) in [4.78, 5) is 18.9. The normalized spacial score (nSPS) is 10.7. The number of H-pyrrole nitrogens is 1. The molecule has 4 rings (SSSR count). The standard InChI is InChI=1S/C23H17N5O4/c24-10-11-2-1-3-12(6-11)19-20(31)14(9-18(29)30)7-15(21(19)32)23-27-16-5-4-13(22(25)26)8-17(16)28-23/h1-8,31-32H,9H2,(H3,25,26)(H,27,28)(H,29,30). The third-order valence-electron chi connectivity index (χ3n) is 5.02. The number of aliphatic carboxylic acids is 1. The van der Waals surface area contributed by atoms with E-state index in [4.69, 9.17) is 11.1 Å². The zero-order chi connectivity index (χ0) is 23.0. The van der Waals surface area contributed by atoms with E-state index in [0.29, 0.717) is 27.7 Å². The molecule has 32 heavy (non-hydrogen) atoms. The first-order valence-corrected chi connectivity index (χ1v) is 9.43. The van der Waals surface area contributed by atoms with Crippen LogP contribution in [-0.2, 0) is 11.2 Å². The number of nitrogens with one attached hydrogen (secondary N) is 2. The van der Waals surface area contributed by atoms with Crippen molar-refractivity contribution >= 4 is 22.8 Å². The monoisotopic (exact) mass is 427 g/mol. The minimum atomic E-state index is -1.16. The lowest BCUT2D eigenvalue weighted by atomic mass is 9.94. The highest BCUT2D eigenvalue weighted by molar-refractivity contribution is 5.98. The second-order valence-corrected chi connectivity index (χ2v) is 7.15. The lowest BCUT2D eigenvalue weighted by Gasteiger charge is -2.15. The highest BCUT2D eigenvalue weighted by Gasteiger charge is 2.23. The van der Waals surface area contributed by atoms with E-state index in [2.05, 4.69) is 9.97 Å². The van der Waals surface area contributed by atoms with Gasteiger partial charge >= 0.3 is 5.97 Å². The maximum absolute atomic E-state index is 11.4.